The number of aromatic nitrogens is 4. The lowest BCUT2D eigenvalue weighted by atomic mass is 9.97. The first-order chi connectivity index (χ1) is 21.9. The normalized spacial score (nSPS) is 25.4. The number of amides is 2. The van der Waals surface area contributed by atoms with Crippen molar-refractivity contribution in [2.24, 2.45) is 12.8 Å². The number of nitrogens with two attached hydrogens (primary N) is 1. The van der Waals surface area contributed by atoms with Crippen LogP contribution in [-0.2, 0) is 18.4 Å². The smallest absolute Gasteiger partial charge is 0.254 e. The van der Waals surface area contributed by atoms with Crippen molar-refractivity contribution < 1.29 is 14.3 Å². The zero-order valence-corrected chi connectivity index (χ0v) is 26.4. The molecule has 1 aromatic carbocycles. The number of rotatable bonds is 3. The Kier molecular flexibility index (Phi) is 7.08. The van der Waals surface area contributed by atoms with Gasteiger partial charge < -0.3 is 29.4 Å². The number of hydrogen-bond acceptors (Lipinski definition) is 6. The number of imidazole rings is 1. The molecule has 3 aromatic heterocycles. The highest BCUT2D eigenvalue weighted by atomic mass is 16.5. The average Bonchev–Trinajstić information content (AvgIpc) is 3.87. The molecule has 4 atom stereocenters. The molecular formula is C35H43N7O3. The molecule has 0 saturated carbocycles. The molecule has 7 heterocycles. The van der Waals surface area contributed by atoms with Gasteiger partial charge in [0.15, 0.2) is 5.82 Å². The third kappa shape index (κ3) is 4.63. The van der Waals surface area contributed by atoms with Crippen molar-refractivity contribution >= 4 is 33.9 Å². The number of aryl methyl sites for hydroxylation is 2. The van der Waals surface area contributed by atoms with E-state index >= 15 is 0 Å². The largest absolute Gasteiger partial charge is 0.494 e. The second kappa shape index (κ2) is 11.2. The number of pyridine rings is 1. The first-order valence-corrected chi connectivity index (χ1v) is 16.9. The third-order valence-corrected chi connectivity index (χ3v) is 10.9. The molecule has 236 valence electrons. The van der Waals surface area contributed by atoms with E-state index in [1.807, 2.05) is 24.1 Å². The molecule has 2 amide bonds. The maximum Gasteiger partial charge on any atom is 0.254 e. The highest BCUT2D eigenvalue weighted by molar-refractivity contribution is 6.00. The Morgan fingerprint density at radius 1 is 0.978 bits per heavy atom. The average molecular weight is 610 g/mol. The van der Waals surface area contributed by atoms with E-state index in [1.54, 1.807) is 7.11 Å². The molecule has 2 N–H and O–H groups in total. The van der Waals surface area contributed by atoms with Gasteiger partial charge in [-0.3, -0.25) is 9.59 Å². The van der Waals surface area contributed by atoms with Gasteiger partial charge in [0.2, 0.25) is 5.91 Å². The molecule has 3 fully saturated rings. The summed E-state index contributed by atoms with van der Waals surface area (Å²) in [4.78, 5) is 41.4. The first-order valence-electron chi connectivity index (χ1n) is 16.9. The van der Waals surface area contributed by atoms with Gasteiger partial charge in [-0.2, -0.15) is 0 Å². The molecule has 4 aliphatic heterocycles. The van der Waals surface area contributed by atoms with Crippen molar-refractivity contribution in [2.45, 2.75) is 101 Å². The summed E-state index contributed by atoms with van der Waals surface area (Å²) in [6.07, 6.45) is 10.7. The fraction of sp³-hybridized carbons (Fsp3) is 0.543. The van der Waals surface area contributed by atoms with Crippen LogP contribution in [0.4, 0.5) is 0 Å². The Morgan fingerprint density at radius 2 is 1.82 bits per heavy atom. The Labute approximate surface area is 263 Å². The molecule has 0 unspecified atom stereocenters. The molecule has 3 saturated heterocycles. The fourth-order valence-electron chi connectivity index (χ4n) is 8.65. The van der Waals surface area contributed by atoms with Crippen LogP contribution in [0.15, 0.2) is 30.3 Å². The molecule has 10 nitrogen and oxygen atoms in total. The number of hydrogen-bond donors (Lipinski definition) is 1. The molecule has 0 spiro atoms. The number of benzene rings is 1. The van der Waals surface area contributed by atoms with Gasteiger partial charge in [0.25, 0.3) is 5.91 Å². The van der Waals surface area contributed by atoms with Crippen molar-refractivity contribution in [3.05, 3.63) is 41.6 Å². The van der Waals surface area contributed by atoms with Crippen molar-refractivity contribution in [1.29, 1.82) is 0 Å². The molecular weight excluding hydrogens is 566 g/mol. The second-order valence-electron chi connectivity index (χ2n) is 13.5. The summed E-state index contributed by atoms with van der Waals surface area (Å²) in [6.45, 7) is 1.65. The number of methoxy groups -OCH3 is 1. The van der Waals surface area contributed by atoms with E-state index in [0.29, 0.717) is 17.7 Å². The van der Waals surface area contributed by atoms with Gasteiger partial charge in [0.1, 0.15) is 16.9 Å². The van der Waals surface area contributed by atoms with E-state index in [0.717, 1.165) is 117 Å². The number of ether oxygens (including phenoxy) is 1. The molecule has 8 rings (SSSR count). The minimum Gasteiger partial charge on any atom is -0.494 e. The molecule has 4 aromatic rings. The summed E-state index contributed by atoms with van der Waals surface area (Å²) in [6, 6.07) is 10.6. The number of fused-ring (bicyclic) bond motifs is 6. The topological polar surface area (TPSA) is 112 Å². The van der Waals surface area contributed by atoms with Crippen LogP contribution in [0, 0.1) is 0 Å². The zero-order chi connectivity index (χ0) is 30.8. The predicted octanol–water partition coefficient (Wildman–Crippen LogP) is 5.32. The third-order valence-electron chi connectivity index (χ3n) is 10.9. The lowest BCUT2D eigenvalue weighted by Gasteiger charge is -2.25. The van der Waals surface area contributed by atoms with Gasteiger partial charge >= 0.3 is 0 Å². The zero-order valence-electron chi connectivity index (χ0n) is 26.4. The SMILES string of the molecule is COc1cc(C(=O)N2[C@H]3CC[C@@H]2[C@H](N)C3)cc2nc(-c3cc4ccc5nc4n3CCCCCCCC(=O)N3CCC[C@H]53)n(C)c12. The number of carbonyl (C=O) groups excluding carboxylic acids is 2. The minimum atomic E-state index is 0.0151. The van der Waals surface area contributed by atoms with E-state index in [1.165, 1.54) is 0 Å². The number of nitrogens with zero attached hydrogens (tertiary/aromatic N) is 6. The van der Waals surface area contributed by atoms with Gasteiger partial charge in [0, 0.05) is 55.6 Å². The summed E-state index contributed by atoms with van der Waals surface area (Å²) in [5, 5.41) is 1.06. The van der Waals surface area contributed by atoms with Crippen molar-refractivity contribution in [3.8, 4) is 17.3 Å². The Hall–Kier alpha value is -3.92. The van der Waals surface area contributed by atoms with Crippen LogP contribution in [-0.4, -0.2) is 72.5 Å². The van der Waals surface area contributed by atoms with Crippen LogP contribution in [0.1, 0.15) is 92.7 Å². The van der Waals surface area contributed by atoms with Crippen molar-refractivity contribution in [1.82, 2.24) is 28.9 Å². The van der Waals surface area contributed by atoms with Crippen LogP contribution in [0.3, 0.4) is 0 Å². The van der Waals surface area contributed by atoms with Crippen LogP contribution in [0.2, 0.25) is 0 Å². The quantitative estimate of drug-likeness (QED) is 0.337. The summed E-state index contributed by atoms with van der Waals surface area (Å²) in [7, 11) is 3.67. The van der Waals surface area contributed by atoms with E-state index in [4.69, 9.17) is 20.4 Å². The molecule has 4 bridgehead atoms. The van der Waals surface area contributed by atoms with Gasteiger partial charge in [-0.05, 0) is 75.3 Å². The van der Waals surface area contributed by atoms with Crippen molar-refractivity contribution in [3.63, 3.8) is 0 Å². The van der Waals surface area contributed by atoms with E-state index in [9.17, 15) is 9.59 Å². The predicted molar refractivity (Wildman–Crippen MR) is 173 cm³/mol. The van der Waals surface area contributed by atoms with Gasteiger partial charge in [0.05, 0.1) is 30.1 Å². The summed E-state index contributed by atoms with van der Waals surface area (Å²) in [5.74, 6) is 1.73. The number of carbonyl (C=O) groups is 2. The van der Waals surface area contributed by atoms with Gasteiger partial charge in [-0.1, -0.05) is 19.3 Å². The summed E-state index contributed by atoms with van der Waals surface area (Å²) in [5.41, 5.74) is 11.5. The minimum absolute atomic E-state index is 0.0151. The molecule has 45 heavy (non-hydrogen) atoms. The van der Waals surface area contributed by atoms with Gasteiger partial charge in [-0.25, -0.2) is 9.97 Å². The second-order valence-corrected chi connectivity index (χ2v) is 13.5. The Bertz CT molecular complexity index is 1810. The van der Waals surface area contributed by atoms with E-state index in [-0.39, 0.29) is 36.0 Å². The maximum atomic E-state index is 13.8. The Morgan fingerprint density at radius 3 is 2.62 bits per heavy atom. The van der Waals surface area contributed by atoms with Crippen LogP contribution in [0.5, 0.6) is 5.75 Å². The molecule has 0 aliphatic carbocycles. The summed E-state index contributed by atoms with van der Waals surface area (Å²) < 4.78 is 10.3. The maximum absolute atomic E-state index is 13.8. The van der Waals surface area contributed by atoms with E-state index < -0.39 is 0 Å². The molecule has 0 radical (unpaired) electrons. The highest BCUT2D eigenvalue weighted by Gasteiger charge is 2.47. The summed E-state index contributed by atoms with van der Waals surface area (Å²) >= 11 is 0. The van der Waals surface area contributed by atoms with E-state index in [2.05, 4.69) is 32.2 Å². The van der Waals surface area contributed by atoms with Crippen molar-refractivity contribution in [2.75, 3.05) is 13.7 Å². The molecule has 4 aliphatic rings. The standard InChI is InChI=1S/C35H43N7O3/c1-39-32-26(17-22(19-30(32)45-2)35(44)42-23-12-14-27(42)24(36)20-23)38-34(39)29-18-21-11-13-25-28-9-8-16-40(28)31(43)10-6-4-3-5-7-15-41(29)33(21)37-25/h11,13,17-19,23-24,27-28H,3-10,12,14-16,20,36H2,1-2H3/t23-,24+,27+,28+/m0/s1. The highest BCUT2D eigenvalue weighted by Crippen LogP contribution is 2.40. The van der Waals surface area contributed by atoms with Crippen LogP contribution in [0.25, 0.3) is 33.6 Å². The first kappa shape index (κ1) is 28.5. The lowest BCUT2D eigenvalue weighted by Crippen LogP contribution is -2.40. The van der Waals surface area contributed by atoms with Crippen LogP contribution >= 0.6 is 0 Å². The van der Waals surface area contributed by atoms with Crippen LogP contribution < -0.4 is 10.5 Å². The molecule has 10 heteroatoms. The fourth-order valence-corrected chi connectivity index (χ4v) is 8.65. The van der Waals surface area contributed by atoms with Gasteiger partial charge in [-0.15, -0.1) is 0 Å². The Balaban J connectivity index is 1.23. The lowest BCUT2D eigenvalue weighted by molar-refractivity contribution is -0.132. The monoisotopic (exact) mass is 609 g/mol.